The summed E-state index contributed by atoms with van der Waals surface area (Å²) in [4.78, 5) is 9.91. The molecule has 0 aliphatic carbocycles. The zero-order valence-electron chi connectivity index (χ0n) is 24.2. The van der Waals surface area contributed by atoms with Crippen molar-refractivity contribution in [3.63, 3.8) is 0 Å². The maximum atomic E-state index is 15.3. The number of halogens is 1. The third kappa shape index (κ3) is 3.52. The van der Waals surface area contributed by atoms with E-state index < -0.39 is 5.82 Å². The van der Waals surface area contributed by atoms with Crippen molar-refractivity contribution in [2.45, 2.75) is 0 Å². The molecule has 6 aromatic carbocycles. The van der Waals surface area contributed by atoms with Crippen LogP contribution in [0.15, 0.2) is 140 Å². The average Bonchev–Trinajstić information content (AvgIpc) is 3.80. The summed E-state index contributed by atoms with van der Waals surface area (Å²) in [5.41, 5.74) is 9.34. The monoisotopic (exact) mass is 598 g/mol. The van der Waals surface area contributed by atoms with E-state index >= 15 is 4.39 Å². The largest absolute Gasteiger partial charge is 0.457 e. The maximum absolute atomic E-state index is 15.3. The van der Waals surface area contributed by atoms with Crippen LogP contribution in [0.3, 0.4) is 0 Å². The molecule has 218 valence electrons. The van der Waals surface area contributed by atoms with E-state index in [2.05, 4.69) is 37.6 Å². The van der Waals surface area contributed by atoms with Crippen molar-refractivity contribution >= 4 is 55.7 Å². The lowest BCUT2D eigenvalue weighted by atomic mass is 10.2. The molecule has 0 atom stereocenters. The topological polar surface area (TPSA) is 53.7 Å². The van der Waals surface area contributed by atoms with Gasteiger partial charge >= 0.3 is 0 Å². The van der Waals surface area contributed by atoms with Gasteiger partial charge in [0.1, 0.15) is 17.3 Å². The zero-order valence-corrected chi connectivity index (χ0v) is 24.2. The average molecular weight is 599 g/mol. The molecule has 0 unspecified atom stereocenters. The molecule has 0 aliphatic heterocycles. The van der Waals surface area contributed by atoms with Gasteiger partial charge in [-0.1, -0.05) is 54.6 Å². The molecule has 0 aliphatic rings. The molecule has 0 fully saturated rings. The van der Waals surface area contributed by atoms with E-state index in [0.29, 0.717) is 23.0 Å². The van der Waals surface area contributed by atoms with Crippen LogP contribution in [0.1, 0.15) is 0 Å². The first-order chi connectivity index (χ1) is 22.7. The Hall–Kier alpha value is -6.41. The molecule has 4 heterocycles. The van der Waals surface area contributed by atoms with E-state index in [-0.39, 0.29) is 0 Å². The Kier molecular flexibility index (Phi) is 5.05. The highest BCUT2D eigenvalue weighted by atomic mass is 19.1. The molecule has 0 amide bonds. The highest BCUT2D eigenvalue weighted by molar-refractivity contribution is 5.93. The summed E-state index contributed by atoms with van der Waals surface area (Å²) in [6.07, 6.45) is 0. The van der Waals surface area contributed by atoms with Crippen molar-refractivity contribution in [2.24, 2.45) is 0 Å². The van der Waals surface area contributed by atoms with Gasteiger partial charge in [-0.05, 0) is 66.7 Å². The molecule has 46 heavy (non-hydrogen) atoms. The van der Waals surface area contributed by atoms with Gasteiger partial charge in [0, 0.05) is 18.2 Å². The molecule has 0 radical (unpaired) electrons. The molecule has 0 saturated carbocycles. The number of ether oxygens (including phenoxy) is 1. The Morgan fingerprint density at radius 3 is 1.54 bits per heavy atom. The molecule has 4 aromatic heterocycles. The molecule has 8 heteroatoms. The Balaban J connectivity index is 1.11. The second kappa shape index (κ2) is 9.30. The quantitative estimate of drug-likeness (QED) is 0.203. The smallest absolute Gasteiger partial charge is 0.220 e. The SMILES string of the molecule is Fc1cc(Oc2cccc(-n3c4ccccc4n4c5ccccc5nc34)c2)cc(-n2c3ccccc3n3c4ccccc4nc23)c1. The maximum Gasteiger partial charge on any atom is 0.220 e. The standard InChI is InChI=1S/C38H23FN6O/c39-24-20-26(43-34-17-6-8-19-36(34)45-32-15-4-2-13-30(32)41-38(43)45)23-28(21-24)46-27-11-9-10-25(22-27)42-33-16-5-7-18-35(33)44-31-14-3-1-12-29(31)40-37(42)44/h1-23H. The number of nitrogens with zero attached hydrogens (tertiary/aromatic N) is 6. The van der Waals surface area contributed by atoms with Crippen LogP contribution in [0.25, 0.3) is 67.1 Å². The van der Waals surface area contributed by atoms with Gasteiger partial charge in [-0.25, -0.2) is 14.4 Å². The number of imidazole rings is 4. The molecule has 0 saturated heterocycles. The first-order valence-electron chi connectivity index (χ1n) is 15.0. The van der Waals surface area contributed by atoms with Gasteiger partial charge in [0.05, 0.1) is 55.5 Å². The molecule has 7 nitrogen and oxygen atoms in total. The number of para-hydroxylation sites is 8. The number of fused-ring (bicyclic) bond motifs is 10. The first-order valence-corrected chi connectivity index (χ1v) is 15.0. The van der Waals surface area contributed by atoms with Crippen LogP contribution in [0.4, 0.5) is 4.39 Å². The third-order valence-electron chi connectivity index (χ3n) is 8.64. The minimum Gasteiger partial charge on any atom is -0.457 e. The van der Waals surface area contributed by atoms with Crippen LogP contribution in [0, 0.1) is 5.82 Å². The Morgan fingerprint density at radius 1 is 0.435 bits per heavy atom. The van der Waals surface area contributed by atoms with E-state index in [4.69, 9.17) is 14.7 Å². The number of aromatic nitrogens is 6. The Bertz CT molecular complexity index is 2820. The Labute approximate surface area is 260 Å². The van der Waals surface area contributed by atoms with Crippen LogP contribution < -0.4 is 4.74 Å². The zero-order chi connectivity index (χ0) is 30.4. The van der Waals surface area contributed by atoms with Crippen LogP contribution in [0.2, 0.25) is 0 Å². The van der Waals surface area contributed by atoms with Crippen LogP contribution in [-0.4, -0.2) is 27.9 Å². The molecular weight excluding hydrogens is 575 g/mol. The predicted molar refractivity (Wildman–Crippen MR) is 179 cm³/mol. The molecular formula is C38H23FN6O. The van der Waals surface area contributed by atoms with Crippen molar-refractivity contribution in [1.82, 2.24) is 27.9 Å². The van der Waals surface area contributed by atoms with Gasteiger partial charge in [-0.3, -0.25) is 17.9 Å². The van der Waals surface area contributed by atoms with Crippen molar-refractivity contribution in [3.8, 4) is 22.9 Å². The summed E-state index contributed by atoms with van der Waals surface area (Å²) in [5, 5.41) is 0. The lowest BCUT2D eigenvalue weighted by Gasteiger charge is -2.12. The molecule has 0 bridgehead atoms. The van der Waals surface area contributed by atoms with E-state index in [1.54, 1.807) is 0 Å². The third-order valence-corrected chi connectivity index (χ3v) is 8.64. The number of rotatable bonds is 4. The van der Waals surface area contributed by atoms with Gasteiger partial charge in [0.25, 0.3) is 0 Å². The van der Waals surface area contributed by atoms with Crippen molar-refractivity contribution in [1.29, 1.82) is 0 Å². The van der Waals surface area contributed by atoms with E-state index in [1.165, 1.54) is 12.1 Å². The van der Waals surface area contributed by atoms with Crippen molar-refractivity contribution in [3.05, 3.63) is 145 Å². The van der Waals surface area contributed by atoms with Crippen LogP contribution in [-0.2, 0) is 0 Å². The second-order valence-electron chi connectivity index (χ2n) is 11.4. The van der Waals surface area contributed by atoms with E-state index in [1.807, 2.05) is 108 Å². The Morgan fingerprint density at radius 2 is 0.935 bits per heavy atom. The molecule has 0 N–H and O–H groups in total. The van der Waals surface area contributed by atoms with Crippen molar-refractivity contribution in [2.75, 3.05) is 0 Å². The van der Waals surface area contributed by atoms with Crippen LogP contribution in [0.5, 0.6) is 11.5 Å². The summed E-state index contributed by atoms with van der Waals surface area (Å²) in [5.74, 6) is 2.07. The van der Waals surface area contributed by atoms with Crippen LogP contribution >= 0.6 is 0 Å². The summed E-state index contributed by atoms with van der Waals surface area (Å²) in [6, 6.07) is 45.1. The first kappa shape index (κ1) is 25.0. The predicted octanol–water partition coefficient (Wildman–Crippen LogP) is 9.11. The highest BCUT2D eigenvalue weighted by Crippen LogP contribution is 2.34. The summed E-state index contributed by atoms with van der Waals surface area (Å²) in [6.45, 7) is 0. The number of hydrogen-bond donors (Lipinski definition) is 0. The van der Waals surface area contributed by atoms with E-state index in [0.717, 1.165) is 55.6 Å². The summed E-state index contributed by atoms with van der Waals surface area (Å²) < 4.78 is 30.1. The fraction of sp³-hybridized carbons (Fsp3) is 0. The second-order valence-corrected chi connectivity index (χ2v) is 11.4. The van der Waals surface area contributed by atoms with Gasteiger partial charge in [0.15, 0.2) is 0 Å². The molecule has 0 spiro atoms. The van der Waals surface area contributed by atoms with E-state index in [9.17, 15) is 0 Å². The minimum absolute atomic E-state index is 0.383. The lowest BCUT2D eigenvalue weighted by Crippen LogP contribution is -1.98. The summed E-state index contributed by atoms with van der Waals surface area (Å²) >= 11 is 0. The summed E-state index contributed by atoms with van der Waals surface area (Å²) in [7, 11) is 0. The van der Waals surface area contributed by atoms with Crippen molar-refractivity contribution < 1.29 is 9.13 Å². The fourth-order valence-electron chi connectivity index (χ4n) is 6.77. The lowest BCUT2D eigenvalue weighted by molar-refractivity contribution is 0.476. The molecule has 10 rings (SSSR count). The van der Waals surface area contributed by atoms with Gasteiger partial charge < -0.3 is 4.74 Å². The fourth-order valence-corrected chi connectivity index (χ4v) is 6.77. The number of hydrogen-bond acceptors (Lipinski definition) is 3. The van der Waals surface area contributed by atoms with Gasteiger partial charge in [-0.2, -0.15) is 0 Å². The van der Waals surface area contributed by atoms with Gasteiger partial charge in [0.2, 0.25) is 11.6 Å². The minimum atomic E-state index is -0.405. The van der Waals surface area contributed by atoms with Gasteiger partial charge in [-0.15, -0.1) is 0 Å². The highest BCUT2D eigenvalue weighted by Gasteiger charge is 2.19. The normalized spacial score (nSPS) is 12.0. The molecule has 10 aromatic rings. The number of benzene rings is 6.